The molecule has 0 unspecified atom stereocenters. The van der Waals surface area contributed by atoms with Crippen LogP contribution in [0.3, 0.4) is 0 Å². The highest BCUT2D eigenvalue weighted by molar-refractivity contribution is 9.10. The number of rotatable bonds is 1. The fourth-order valence-electron chi connectivity index (χ4n) is 2.16. The Morgan fingerprint density at radius 3 is 2.84 bits per heavy atom. The Bertz CT molecular complexity index is 780. The Morgan fingerprint density at radius 1 is 1.26 bits per heavy atom. The number of hydrogen-bond acceptors (Lipinski definition) is 2. The van der Waals surface area contributed by atoms with Gasteiger partial charge in [-0.2, -0.15) is 0 Å². The van der Waals surface area contributed by atoms with Crippen molar-refractivity contribution < 1.29 is 0 Å². The van der Waals surface area contributed by atoms with Gasteiger partial charge in [0, 0.05) is 9.50 Å². The molecular weight excluding hydrogens is 326 g/mol. The molecule has 5 heteroatoms. The molecule has 3 nitrogen and oxygen atoms in total. The minimum absolute atomic E-state index is 0.457. The Hall–Kier alpha value is -1.52. The summed E-state index contributed by atoms with van der Waals surface area (Å²) in [6.07, 6.45) is 0. The molecule has 0 saturated carbocycles. The quantitative estimate of drug-likeness (QED) is 0.718. The van der Waals surface area contributed by atoms with E-state index in [1.54, 1.807) is 0 Å². The maximum Gasteiger partial charge on any atom is 0.205 e. The summed E-state index contributed by atoms with van der Waals surface area (Å²) in [6.45, 7) is 1.97. The van der Waals surface area contributed by atoms with E-state index in [1.165, 1.54) is 0 Å². The third-order valence-corrected chi connectivity index (χ3v) is 4.03. The first-order valence-corrected chi connectivity index (χ1v) is 6.94. The lowest BCUT2D eigenvalue weighted by atomic mass is 10.2. The standard InChI is InChI=1S/C14H11BrClN3/c1-8-10(16)3-2-4-12(8)19-13-6-5-9(15)7-11(13)18-14(19)17/h2-7H,1H3,(H2,17,18). The number of nitrogens with two attached hydrogens (primary N) is 1. The first-order chi connectivity index (χ1) is 9.08. The van der Waals surface area contributed by atoms with Crippen molar-refractivity contribution in [3.63, 3.8) is 0 Å². The molecule has 19 heavy (non-hydrogen) atoms. The van der Waals surface area contributed by atoms with Crippen molar-refractivity contribution in [2.75, 3.05) is 5.73 Å². The maximum absolute atomic E-state index is 6.18. The van der Waals surface area contributed by atoms with E-state index in [1.807, 2.05) is 47.9 Å². The van der Waals surface area contributed by atoms with Crippen LogP contribution in [-0.4, -0.2) is 9.55 Å². The average Bonchev–Trinajstić information content (AvgIpc) is 2.68. The lowest BCUT2D eigenvalue weighted by molar-refractivity contribution is 1.09. The molecule has 0 fully saturated rings. The molecule has 0 saturated heterocycles. The SMILES string of the molecule is Cc1c(Cl)cccc1-n1c(N)nc2cc(Br)ccc21. The van der Waals surface area contributed by atoms with Crippen molar-refractivity contribution in [2.24, 2.45) is 0 Å². The number of nitrogen functional groups attached to an aromatic ring is 1. The average molecular weight is 337 g/mol. The summed E-state index contributed by atoms with van der Waals surface area (Å²) in [5.41, 5.74) is 9.80. The van der Waals surface area contributed by atoms with Gasteiger partial charge >= 0.3 is 0 Å². The number of imidazole rings is 1. The molecule has 0 aliphatic rings. The number of benzene rings is 2. The molecule has 2 N–H and O–H groups in total. The molecule has 0 amide bonds. The summed E-state index contributed by atoms with van der Waals surface area (Å²) < 4.78 is 2.90. The van der Waals surface area contributed by atoms with Crippen LogP contribution in [-0.2, 0) is 0 Å². The van der Waals surface area contributed by atoms with Gasteiger partial charge in [-0.05, 0) is 42.8 Å². The van der Waals surface area contributed by atoms with Crippen LogP contribution in [0.25, 0.3) is 16.7 Å². The molecule has 1 heterocycles. The first kappa shape index (κ1) is 12.5. The van der Waals surface area contributed by atoms with Crippen LogP contribution >= 0.6 is 27.5 Å². The summed E-state index contributed by atoms with van der Waals surface area (Å²) in [7, 11) is 0. The van der Waals surface area contributed by atoms with Crippen molar-refractivity contribution >= 4 is 44.5 Å². The Labute approximate surface area is 124 Å². The molecule has 0 atom stereocenters. The van der Waals surface area contributed by atoms with Crippen LogP contribution in [0.5, 0.6) is 0 Å². The van der Waals surface area contributed by atoms with E-state index >= 15 is 0 Å². The summed E-state index contributed by atoms with van der Waals surface area (Å²) in [5.74, 6) is 0.457. The van der Waals surface area contributed by atoms with Gasteiger partial charge in [-0.15, -0.1) is 0 Å². The zero-order valence-corrected chi connectivity index (χ0v) is 12.5. The van der Waals surface area contributed by atoms with Gasteiger partial charge in [0.2, 0.25) is 5.95 Å². The molecule has 3 aromatic rings. The van der Waals surface area contributed by atoms with Gasteiger partial charge in [0.25, 0.3) is 0 Å². The number of aromatic nitrogens is 2. The van der Waals surface area contributed by atoms with Crippen molar-refractivity contribution in [2.45, 2.75) is 6.92 Å². The summed E-state index contributed by atoms with van der Waals surface area (Å²) in [6, 6.07) is 11.7. The second kappa shape index (κ2) is 4.54. The third-order valence-electron chi connectivity index (χ3n) is 3.12. The molecule has 0 aliphatic heterocycles. The van der Waals surface area contributed by atoms with E-state index in [4.69, 9.17) is 17.3 Å². The molecule has 0 aliphatic carbocycles. The normalized spacial score (nSPS) is 11.1. The second-order valence-corrected chi connectivity index (χ2v) is 5.65. The zero-order chi connectivity index (χ0) is 13.6. The highest BCUT2D eigenvalue weighted by atomic mass is 79.9. The lowest BCUT2D eigenvalue weighted by Crippen LogP contribution is -2.02. The third kappa shape index (κ3) is 2.01. The largest absolute Gasteiger partial charge is 0.369 e. The molecule has 3 rings (SSSR count). The summed E-state index contributed by atoms with van der Waals surface area (Å²) in [5, 5.41) is 0.718. The van der Waals surface area contributed by atoms with Crippen molar-refractivity contribution in [3.05, 3.63) is 51.5 Å². The predicted octanol–water partition coefficient (Wildman–Crippen LogP) is 4.33. The molecule has 0 radical (unpaired) electrons. The number of fused-ring (bicyclic) bond motifs is 1. The van der Waals surface area contributed by atoms with Crippen LogP contribution < -0.4 is 5.73 Å². The lowest BCUT2D eigenvalue weighted by Gasteiger charge is -2.11. The number of halogens is 2. The fraction of sp³-hybridized carbons (Fsp3) is 0.0714. The number of hydrogen-bond donors (Lipinski definition) is 1. The first-order valence-electron chi connectivity index (χ1n) is 5.77. The highest BCUT2D eigenvalue weighted by Crippen LogP contribution is 2.29. The molecular formula is C14H11BrClN3. The number of nitrogens with zero attached hydrogens (tertiary/aromatic N) is 2. The number of anilines is 1. The minimum Gasteiger partial charge on any atom is -0.369 e. The molecule has 0 spiro atoms. The fourth-order valence-corrected chi connectivity index (χ4v) is 2.68. The van der Waals surface area contributed by atoms with Gasteiger partial charge in [0.1, 0.15) is 0 Å². The Kier molecular flexibility index (Phi) is 2.99. The molecule has 96 valence electrons. The van der Waals surface area contributed by atoms with Gasteiger partial charge in [-0.1, -0.05) is 33.6 Å². The van der Waals surface area contributed by atoms with Crippen LogP contribution in [0, 0.1) is 6.92 Å². The van der Waals surface area contributed by atoms with Gasteiger partial charge in [0.05, 0.1) is 16.7 Å². The zero-order valence-electron chi connectivity index (χ0n) is 10.2. The summed E-state index contributed by atoms with van der Waals surface area (Å²) >= 11 is 9.61. The van der Waals surface area contributed by atoms with Crippen LogP contribution in [0.2, 0.25) is 5.02 Å². The van der Waals surface area contributed by atoms with Crippen molar-refractivity contribution in [1.29, 1.82) is 0 Å². The van der Waals surface area contributed by atoms with Crippen LogP contribution in [0.1, 0.15) is 5.56 Å². The van der Waals surface area contributed by atoms with E-state index in [9.17, 15) is 0 Å². The van der Waals surface area contributed by atoms with E-state index in [-0.39, 0.29) is 0 Å². The van der Waals surface area contributed by atoms with E-state index in [0.717, 1.165) is 31.8 Å². The Balaban J connectivity index is 2.36. The van der Waals surface area contributed by atoms with Gasteiger partial charge in [-0.25, -0.2) is 4.98 Å². The topological polar surface area (TPSA) is 43.8 Å². The van der Waals surface area contributed by atoms with Crippen molar-refractivity contribution in [3.8, 4) is 5.69 Å². The smallest absolute Gasteiger partial charge is 0.205 e. The predicted molar refractivity (Wildman–Crippen MR) is 82.9 cm³/mol. The summed E-state index contributed by atoms with van der Waals surface area (Å²) in [4.78, 5) is 4.39. The highest BCUT2D eigenvalue weighted by Gasteiger charge is 2.13. The van der Waals surface area contributed by atoms with Gasteiger partial charge < -0.3 is 5.73 Å². The molecule has 1 aromatic heterocycles. The maximum atomic E-state index is 6.18. The Morgan fingerprint density at radius 2 is 2.05 bits per heavy atom. The van der Waals surface area contributed by atoms with Crippen molar-refractivity contribution in [1.82, 2.24) is 9.55 Å². The van der Waals surface area contributed by atoms with Crippen LogP contribution in [0.4, 0.5) is 5.95 Å². The van der Waals surface area contributed by atoms with E-state index in [0.29, 0.717) is 5.95 Å². The molecule has 2 aromatic carbocycles. The molecule has 0 bridgehead atoms. The monoisotopic (exact) mass is 335 g/mol. The van der Waals surface area contributed by atoms with Gasteiger partial charge in [0.15, 0.2) is 0 Å². The second-order valence-electron chi connectivity index (χ2n) is 4.32. The van der Waals surface area contributed by atoms with Crippen LogP contribution in [0.15, 0.2) is 40.9 Å². The van der Waals surface area contributed by atoms with Gasteiger partial charge in [-0.3, -0.25) is 4.57 Å². The minimum atomic E-state index is 0.457. The van der Waals surface area contributed by atoms with E-state index in [2.05, 4.69) is 20.9 Å². The van der Waals surface area contributed by atoms with E-state index < -0.39 is 0 Å².